The predicted octanol–water partition coefficient (Wildman–Crippen LogP) is 2.46. The van der Waals surface area contributed by atoms with Crippen LogP contribution in [-0.2, 0) is 30.8 Å². The number of carboxylic acids is 1. The van der Waals surface area contributed by atoms with E-state index in [0.717, 1.165) is 30.9 Å². The van der Waals surface area contributed by atoms with Gasteiger partial charge < -0.3 is 20.8 Å². The quantitative estimate of drug-likeness (QED) is 0.380. The third-order valence-corrected chi connectivity index (χ3v) is 5.81. The molecule has 0 saturated carbocycles. The fourth-order valence-corrected chi connectivity index (χ4v) is 4.07. The number of anilines is 1. The number of halogens is 1. The van der Waals surface area contributed by atoms with Crippen LogP contribution in [0.3, 0.4) is 0 Å². The number of hydrogen-bond acceptors (Lipinski definition) is 6. The summed E-state index contributed by atoms with van der Waals surface area (Å²) in [5.74, 6) is -1.37. The van der Waals surface area contributed by atoms with Gasteiger partial charge in [0.2, 0.25) is 0 Å². The fraction of sp³-hybridized carbons (Fsp3) is 0.333. The summed E-state index contributed by atoms with van der Waals surface area (Å²) in [5.41, 5.74) is 2.83. The smallest absolute Gasteiger partial charge is 0.305 e. The van der Waals surface area contributed by atoms with Crippen molar-refractivity contribution in [2.45, 2.75) is 44.9 Å². The molecule has 4 N–H and O–H groups in total. The lowest BCUT2D eigenvalue weighted by molar-refractivity contribution is -0.137. The molecular weight excluding hydrogens is 441 g/mol. The first-order valence-electron chi connectivity index (χ1n) is 11.1. The number of aliphatic carboxylic acids is 1. The van der Waals surface area contributed by atoms with Gasteiger partial charge in [0.25, 0.3) is 5.91 Å². The molecule has 1 aromatic carbocycles. The molecule has 0 saturated heterocycles. The Labute approximate surface area is 195 Å². The first kappa shape index (κ1) is 23.4. The minimum absolute atomic E-state index is 0.134. The Balaban J connectivity index is 1.48. The van der Waals surface area contributed by atoms with Gasteiger partial charge in [0.05, 0.1) is 36.5 Å². The van der Waals surface area contributed by atoms with Gasteiger partial charge in [-0.05, 0) is 42.2 Å². The third kappa shape index (κ3) is 5.40. The van der Waals surface area contributed by atoms with Crippen LogP contribution in [0.15, 0.2) is 42.6 Å². The zero-order chi connectivity index (χ0) is 24.1. The normalized spacial score (nSPS) is 13.6. The number of hydrogen-bond donors (Lipinski definition) is 4. The summed E-state index contributed by atoms with van der Waals surface area (Å²) in [6.07, 6.45) is 3.55. The number of nitrogens with one attached hydrogen (secondary N) is 2. The Morgan fingerprint density at radius 2 is 2.12 bits per heavy atom. The number of carbonyl (C=O) groups excluding carboxylic acids is 1. The van der Waals surface area contributed by atoms with Crippen molar-refractivity contribution in [2.24, 2.45) is 0 Å². The molecule has 0 fully saturated rings. The highest BCUT2D eigenvalue weighted by Gasteiger charge is 2.23. The van der Waals surface area contributed by atoms with E-state index in [9.17, 15) is 24.2 Å². The number of pyridine rings is 1. The Morgan fingerprint density at radius 1 is 1.26 bits per heavy atom. The first-order chi connectivity index (χ1) is 16.4. The Kier molecular flexibility index (Phi) is 7.17. The van der Waals surface area contributed by atoms with Crippen LogP contribution in [0.2, 0.25) is 0 Å². The van der Waals surface area contributed by atoms with Crippen molar-refractivity contribution < 1.29 is 24.2 Å². The molecule has 3 heterocycles. The summed E-state index contributed by atoms with van der Waals surface area (Å²) in [4.78, 5) is 28.9. The lowest BCUT2D eigenvalue weighted by Gasteiger charge is -2.18. The van der Waals surface area contributed by atoms with E-state index in [2.05, 4.69) is 26.8 Å². The molecule has 1 amide bonds. The summed E-state index contributed by atoms with van der Waals surface area (Å²) in [7, 11) is 0. The van der Waals surface area contributed by atoms with Crippen LogP contribution in [0.25, 0.3) is 0 Å². The van der Waals surface area contributed by atoms with Crippen LogP contribution in [-0.4, -0.2) is 43.4 Å². The van der Waals surface area contributed by atoms with Crippen molar-refractivity contribution >= 4 is 17.7 Å². The number of carbonyl (C=O) groups is 2. The number of aliphatic hydroxyl groups excluding tert-OH is 1. The number of fused-ring (bicyclic) bond motifs is 1. The highest BCUT2D eigenvalue weighted by atomic mass is 19.1. The molecule has 2 aromatic heterocycles. The van der Waals surface area contributed by atoms with E-state index in [1.54, 1.807) is 6.07 Å². The maximum atomic E-state index is 13.6. The minimum atomic E-state index is -1.14. The molecule has 1 atom stereocenters. The third-order valence-electron chi connectivity index (χ3n) is 5.81. The molecule has 4 rings (SSSR count). The Bertz CT molecular complexity index is 1200. The van der Waals surface area contributed by atoms with Gasteiger partial charge in [0.1, 0.15) is 11.6 Å². The molecule has 1 unspecified atom stereocenters. The molecule has 0 spiro atoms. The Morgan fingerprint density at radius 3 is 2.88 bits per heavy atom. The van der Waals surface area contributed by atoms with Gasteiger partial charge in [-0.25, -0.2) is 9.37 Å². The number of aliphatic hydroxyl groups is 1. The second kappa shape index (κ2) is 10.4. The van der Waals surface area contributed by atoms with Crippen molar-refractivity contribution in [1.29, 1.82) is 0 Å². The van der Waals surface area contributed by atoms with Gasteiger partial charge >= 0.3 is 5.97 Å². The van der Waals surface area contributed by atoms with E-state index in [-0.39, 0.29) is 5.56 Å². The van der Waals surface area contributed by atoms with Crippen molar-refractivity contribution in [1.82, 2.24) is 20.1 Å². The maximum absolute atomic E-state index is 13.6. The molecular formula is C24H26FN5O4. The van der Waals surface area contributed by atoms with Crippen LogP contribution >= 0.6 is 0 Å². The van der Waals surface area contributed by atoms with Crippen molar-refractivity contribution in [3.8, 4) is 0 Å². The summed E-state index contributed by atoms with van der Waals surface area (Å²) >= 11 is 0. The van der Waals surface area contributed by atoms with Gasteiger partial charge in [0, 0.05) is 25.2 Å². The highest BCUT2D eigenvalue weighted by molar-refractivity contribution is 5.95. The SMILES string of the molecule is O=C(O)CC(NC(=O)c1cnn(CCc2ccc3c(n2)NCCC3)c1CO)c1cccc(F)c1. The van der Waals surface area contributed by atoms with Crippen molar-refractivity contribution in [3.63, 3.8) is 0 Å². The number of benzene rings is 1. The average molecular weight is 468 g/mol. The molecule has 178 valence electrons. The molecule has 10 heteroatoms. The fourth-order valence-electron chi connectivity index (χ4n) is 4.07. The number of carboxylic acid groups (broad SMARTS) is 1. The van der Waals surface area contributed by atoms with Gasteiger partial charge in [0.15, 0.2) is 0 Å². The average Bonchev–Trinajstić information content (AvgIpc) is 3.25. The number of aryl methyl sites for hydroxylation is 3. The van der Waals surface area contributed by atoms with Crippen molar-refractivity contribution in [2.75, 3.05) is 11.9 Å². The highest BCUT2D eigenvalue weighted by Crippen LogP contribution is 2.21. The second-order valence-electron chi connectivity index (χ2n) is 8.16. The standard InChI is InChI=1S/C24H26FN5O4/c25-17-5-1-3-16(11-17)20(12-22(32)33)29-24(34)19-13-27-30(21(19)14-31)10-8-18-7-6-15-4-2-9-26-23(15)28-18/h1,3,5-7,11,13,20,31H,2,4,8-10,12,14H2,(H,26,28)(H,29,34)(H,32,33). The lowest BCUT2D eigenvalue weighted by atomic mass is 10.0. The van der Waals surface area contributed by atoms with E-state index in [1.165, 1.54) is 34.6 Å². The number of nitrogens with zero attached hydrogens (tertiary/aromatic N) is 3. The molecule has 34 heavy (non-hydrogen) atoms. The van der Waals surface area contributed by atoms with Crippen LogP contribution in [0.5, 0.6) is 0 Å². The van der Waals surface area contributed by atoms with Crippen molar-refractivity contribution in [3.05, 3.63) is 76.5 Å². The van der Waals surface area contributed by atoms with Gasteiger partial charge in [-0.2, -0.15) is 5.10 Å². The Hall–Kier alpha value is -3.79. The van der Waals surface area contributed by atoms with E-state index in [4.69, 9.17) is 0 Å². The molecule has 1 aliphatic heterocycles. The molecule has 0 radical (unpaired) electrons. The summed E-state index contributed by atoms with van der Waals surface area (Å²) in [5, 5.41) is 29.3. The van der Waals surface area contributed by atoms with Crippen LogP contribution in [0.1, 0.15) is 51.8 Å². The van der Waals surface area contributed by atoms with Gasteiger partial charge in [-0.15, -0.1) is 0 Å². The van der Waals surface area contributed by atoms with E-state index < -0.39 is 36.8 Å². The monoisotopic (exact) mass is 467 g/mol. The van der Waals surface area contributed by atoms with Gasteiger partial charge in [-0.1, -0.05) is 18.2 Å². The number of rotatable bonds is 9. The number of aromatic nitrogens is 3. The first-order valence-corrected chi connectivity index (χ1v) is 11.1. The zero-order valence-corrected chi connectivity index (χ0v) is 18.5. The van der Waals surface area contributed by atoms with Crippen LogP contribution in [0, 0.1) is 5.82 Å². The minimum Gasteiger partial charge on any atom is -0.481 e. The van der Waals surface area contributed by atoms with E-state index >= 15 is 0 Å². The predicted molar refractivity (Wildman–Crippen MR) is 122 cm³/mol. The molecule has 1 aliphatic rings. The molecule has 0 aliphatic carbocycles. The van der Waals surface area contributed by atoms with Crippen LogP contribution < -0.4 is 10.6 Å². The van der Waals surface area contributed by atoms with Crippen LogP contribution in [0.4, 0.5) is 10.2 Å². The summed E-state index contributed by atoms with van der Waals surface area (Å²) < 4.78 is 15.2. The molecule has 3 aromatic rings. The zero-order valence-electron chi connectivity index (χ0n) is 18.5. The van der Waals surface area contributed by atoms with E-state index in [1.807, 2.05) is 6.07 Å². The van der Waals surface area contributed by atoms with Gasteiger partial charge in [-0.3, -0.25) is 14.3 Å². The maximum Gasteiger partial charge on any atom is 0.305 e. The number of amides is 1. The molecule has 9 nitrogen and oxygen atoms in total. The largest absolute Gasteiger partial charge is 0.481 e. The topological polar surface area (TPSA) is 129 Å². The summed E-state index contributed by atoms with van der Waals surface area (Å²) in [6, 6.07) is 8.52. The summed E-state index contributed by atoms with van der Waals surface area (Å²) in [6.45, 7) is 0.872. The second-order valence-corrected chi connectivity index (χ2v) is 8.16. The lowest BCUT2D eigenvalue weighted by Crippen LogP contribution is -2.31. The molecule has 0 bridgehead atoms. The van der Waals surface area contributed by atoms with E-state index in [0.29, 0.717) is 24.2 Å².